The summed E-state index contributed by atoms with van der Waals surface area (Å²) in [4.78, 5) is 0. The number of halogens is 1. The summed E-state index contributed by atoms with van der Waals surface area (Å²) in [7, 11) is 0. The average molecular weight is 399 g/mol. The van der Waals surface area contributed by atoms with Gasteiger partial charge in [-0.05, 0) is 35.7 Å². The number of hydrogen-bond donors (Lipinski definition) is 0. The quantitative estimate of drug-likeness (QED) is 0.677. The van der Waals surface area contributed by atoms with Gasteiger partial charge in [-0.3, -0.25) is 0 Å². The van der Waals surface area contributed by atoms with Crippen LogP contribution < -0.4 is 4.74 Å². The number of aryl methyl sites for hydroxylation is 1. The molecule has 130 valence electrons. The maximum Gasteiger partial charge on any atom is 0.190 e. The third-order valence-electron chi connectivity index (χ3n) is 5.05. The van der Waals surface area contributed by atoms with Crippen LogP contribution in [0, 0.1) is 5.92 Å². The number of rotatable bonds is 3. The Morgan fingerprint density at radius 1 is 1.20 bits per heavy atom. The number of nitrogens with zero attached hydrogens (tertiary/aromatic N) is 2. The first-order valence-electron chi connectivity index (χ1n) is 8.98. The third-order valence-corrected chi connectivity index (χ3v) is 5.54. The van der Waals surface area contributed by atoms with Gasteiger partial charge >= 0.3 is 0 Å². The van der Waals surface area contributed by atoms with Crippen LogP contribution in [0.2, 0.25) is 0 Å². The van der Waals surface area contributed by atoms with E-state index >= 15 is 0 Å². The van der Waals surface area contributed by atoms with E-state index in [2.05, 4.69) is 78.1 Å². The molecule has 2 unspecified atom stereocenters. The fourth-order valence-corrected chi connectivity index (χ4v) is 4.01. The topological polar surface area (TPSA) is 24.8 Å². The molecule has 0 amide bonds. The Morgan fingerprint density at radius 3 is 2.64 bits per heavy atom. The van der Waals surface area contributed by atoms with Crippen molar-refractivity contribution in [2.45, 2.75) is 45.9 Å². The zero-order valence-corrected chi connectivity index (χ0v) is 16.5. The molecule has 0 fully saturated rings. The highest BCUT2D eigenvalue weighted by molar-refractivity contribution is 9.10. The lowest BCUT2D eigenvalue weighted by Gasteiger charge is -2.40. The summed E-state index contributed by atoms with van der Waals surface area (Å²) < 4.78 is 7.36. The molecule has 3 nitrogen and oxygen atoms in total. The van der Waals surface area contributed by atoms with Crippen molar-refractivity contribution in [3.05, 3.63) is 63.6 Å². The molecule has 2 aromatic carbocycles. The van der Waals surface area contributed by atoms with Crippen molar-refractivity contribution in [3.8, 4) is 5.75 Å². The van der Waals surface area contributed by atoms with E-state index < -0.39 is 0 Å². The molecule has 25 heavy (non-hydrogen) atoms. The normalized spacial score (nSPS) is 21.6. The van der Waals surface area contributed by atoms with E-state index in [1.807, 2.05) is 6.07 Å². The summed E-state index contributed by atoms with van der Waals surface area (Å²) in [5.74, 6) is 1.35. The predicted octanol–water partition coefficient (Wildman–Crippen LogP) is 5.54. The van der Waals surface area contributed by atoms with Crippen LogP contribution in [0.5, 0.6) is 5.75 Å². The molecular formula is C21H23BrN2O. The van der Waals surface area contributed by atoms with Gasteiger partial charge in [0.05, 0.1) is 11.8 Å². The molecule has 2 aromatic rings. The molecule has 2 aliphatic rings. The molecule has 2 aliphatic heterocycles. The van der Waals surface area contributed by atoms with Crippen LogP contribution in [0.4, 0.5) is 0 Å². The van der Waals surface area contributed by atoms with Crippen molar-refractivity contribution in [1.29, 1.82) is 0 Å². The van der Waals surface area contributed by atoms with E-state index in [0.29, 0.717) is 5.92 Å². The van der Waals surface area contributed by atoms with Gasteiger partial charge in [-0.25, -0.2) is 5.01 Å². The minimum atomic E-state index is -0.0221. The number of fused-ring (bicyclic) bond motifs is 3. The van der Waals surface area contributed by atoms with Crippen LogP contribution in [0.25, 0.3) is 0 Å². The van der Waals surface area contributed by atoms with Crippen LogP contribution in [0.15, 0.2) is 52.0 Å². The zero-order chi connectivity index (χ0) is 17.6. The molecule has 0 N–H and O–H groups in total. The standard InChI is InChI=1S/C21H23BrN2O/c1-4-14-5-7-15(8-6-14)18-12-19-17-11-16(22)9-10-20(17)25-21(13(2)3)24(19)23-18/h5-11,13,19,21H,4,12H2,1-3H3. The van der Waals surface area contributed by atoms with Crippen molar-refractivity contribution >= 4 is 21.6 Å². The van der Waals surface area contributed by atoms with Gasteiger partial charge in [0, 0.05) is 22.4 Å². The second-order valence-corrected chi connectivity index (χ2v) is 8.05. The first kappa shape index (κ1) is 16.6. The van der Waals surface area contributed by atoms with E-state index in [9.17, 15) is 0 Å². The van der Waals surface area contributed by atoms with Gasteiger partial charge in [0.2, 0.25) is 0 Å². The van der Waals surface area contributed by atoms with E-state index in [4.69, 9.17) is 9.84 Å². The smallest absolute Gasteiger partial charge is 0.190 e. The van der Waals surface area contributed by atoms with E-state index in [-0.39, 0.29) is 12.3 Å². The van der Waals surface area contributed by atoms with Crippen LogP contribution in [-0.4, -0.2) is 16.9 Å². The molecule has 2 atom stereocenters. The lowest BCUT2D eigenvalue weighted by Crippen LogP contribution is -2.43. The van der Waals surface area contributed by atoms with E-state index in [0.717, 1.165) is 28.8 Å². The Balaban J connectivity index is 1.72. The first-order chi connectivity index (χ1) is 12.1. The van der Waals surface area contributed by atoms with Gasteiger partial charge in [0.15, 0.2) is 6.23 Å². The molecule has 0 spiro atoms. The molecule has 0 radical (unpaired) electrons. The highest BCUT2D eigenvalue weighted by Gasteiger charge is 2.41. The lowest BCUT2D eigenvalue weighted by atomic mass is 9.95. The summed E-state index contributed by atoms with van der Waals surface area (Å²) in [6.07, 6.45) is 1.96. The van der Waals surface area contributed by atoms with Gasteiger partial charge in [-0.15, -0.1) is 0 Å². The third kappa shape index (κ3) is 2.97. The van der Waals surface area contributed by atoms with Crippen molar-refractivity contribution in [1.82, 2.24) is 5.01 Å². The highest BCUT2D eigenvalue weighted by atomic mass is 79.9. The predicted molar refractivity (Wildman–Crippen MR) is 105 cm³/mol. The Hall–Kier alpha value is -1.81. The average Bonchev–Trinajstić information content (AvgIpc) is 3.06. The Bertz CT molecular complexity index is 813. The van der Waals surface area contributed by atoms with Crippen LogP contribution in [0.3, 0.4) is 0 Å². The Kier molecular flexibility index (Phi) is 4.32. The van der Waals surface area contributed by atoms with E-state index in [1.165, 1.54) is 16.7 Å². The van der Waals surface area contributed by atoms with Crippen LogP contribution in [-0.2, 0) is 6.42 Å². The number of ether oxygens (including phenoxy) is 1. The Morgan fingerprint density at radius 2 is 1.96 bits per heavy atom. The van der Waals surface area contributed by atoms with Gasteiger partial charge in [-0.1, -0.05) is 61.0 Å². The highest BCUT2D eigenvalue weighted by Crippen LogP contribution is 2.45. The summed E-state index contributed by atoms with van der Waals surface area (Å²) in [5, 5.41) is 7.15. The van der Waals surface area contributed by atoms with Crippen molar-refractivity contribution < 1.29 is 4.74 Å². The minimum absolute atomic E-state index is 0.0221. The second-order valence-electron chi connectivity index (χ2n) is 7.13. The molecular weight excluding hydrogens is 376 g/mol. The van der Waals surface area contributed by atoms with Crippen LogP contribution >= 0.6 is 15.9 Å². The molecule has 0 saturated heterocycles. The summed E-state index contributed by atoms with van der Waals surface area (Å²) in [6.45, 7) is 6.56. The Labute approximate surface area is 157 Å². The number of hydrogen-bond acceptors (Lipinski definition) is 3. The molecule has 0 bridgehead atoms. The molecule has 2 heterocycles. The molecule has 0 saturated carbocycles. The minimum Gasteiger partial charge on any atom is -0.468 e. The second kappa shape index (κ2) is 6.49. The maximum absolute atomic E-state index is 6.28. The van der Waals surface area contributed by atoms with Gasteiger partial charge in [0.25, 0.3) is 0 Å². The fraction of sp³-hybridized carbons (Fsp3) is 0.381. The zero-order valence-electron chi connectivity index (χ0n) is 14.9. The summed E-state index contributed by atoms with van der Waals surface area (Å²) in [6, 6.07) is 15.3. The fourth-order valence-electron chi connectivity index (χ4n) is 3.63. The monoisotopic (exact) mass is 398 g/mol. The number of benzene rings is 2. The molecule has 0 aliphatic carbocycles. The molecule has 4 heteroatoms. The van der Waals surface area contributed by atoms with Gasteiger partial charge in [-0.2, -0.15) is 5.10 Å². The van der Waals surface area contributed by atoms with Gasteiger partial charge in [0.1, 0.15) is 5.75 Å². The van der Waals surface area contributed by atoms with Crippen molar-refractivity contribution in [2.75, 3.05) is 0 Å². The SMILES string of the molecule is CCc1ccc(C2=NN3C(C2)c2cc(Br)ccc2OC3C(C)C)cc1. The first-order valence-corrected chi connectivity index (χ1v) is 9.77. The lowest BCUT2D eigenvalue weighted by molar-refractivity contribution is -0.0461. The summed E-state index contributed by atoms with van der Waals surface area (Å²) in [5.41, 5.74) is 4.94. The number of hydrazone groups is 1. The van der Waals surface area contributed by atoms with Crippen LogP contribution in [0.1, 0.15) is 49.9 Å². The van der Waals surface area contributed by atoms with Crippen molar-refractivity contribution in [2.24, 2.45) is 11.0 Å². The van der Waals surface area contributed by atoms with Crippen molar-refractivity contribution in [3.63, 3.8) is 0 Å². The molecule has 4 rings (SSSR count). The maximum atomic E-state index is 6.28. The van der Waals surface area contributed by atoms with Gasteiger partial charge < -0.3 is 4.74 Å². The largest absolute Gasteiger partial charge is 0.468 e. The molecule has 0 aromatic heterocycles. The van der Waals surface area contributed by atoms with E-state index in [1.54, 1.807) is 0 Å². The summed E-state index contributed by atoms with van der Waals surface area (Å²) >= 11 is 3.60.